The number of aliphatic hydroxyl groups excluding tert-OH is 1. The van der Waals surface area contributed by atoms with Crippen molar-refractivity contribution < 1.29 is 14.6 Å². The van der Waals surface area contributed by atoms with Gasteiger partial charge in [-0.3, -0.25) is 0 Å². The Labute approximate surface area is 70.4 Å². The summed E-state index contributed by atoms with van der Waals surface area (Å²) in [5.74, 6) is 1.01. The Hall–Kier alpha value is -0.480. The molecule has 64 valence electrons. The molecule has 4 heteroatoms. The largest absolute Gasteiger partial charge is 0.462 e. The van der Waals surface area contributed by atoms with E-state index >= 15 is 0 Å². The molecule has 3 nitrogen and oxygen atoms in total. The first-order valence-electron chi connectivity index (χ1n) is 3.29. The van der Waals surface area contributed by atoms with Crippen LogP contribution < -0.4 is 0 Å². The van der Waals surface area contributed by atoms with Gasteiger partial charge in [-0.15, -0.1) is 0 Å². The number of thioether (sulfide) groups is 1. The van der Waals surface area contributed by atoms with Gasteiger partial charge < -0.3 is 9.84 Å². The van der Waals surface area contributed by atoms with Crippen molar-refractivity contribution in [3.05, 3.63) is 12.7 Å². The van der Waals surface area contributed by atoms with Crippen LogP contribution >= 0.6 is 11.8 Å². The fourth-order valence-corrected chi connectivity index (χ4v) is 0.961. The van der Waals surface area contributed by atoms with Crippen molar-refractivity contribution in [1.82, 2.24) is 0 Å². The summed E-state index contributed by atoms with van der Waals surface area (Å²) < 4.78 is 4.68. The molecule has 0 fully saturated rings. The Balaban J connectivity index is 3.01. The third-order valence-electron chi connectivity index (χ3n) is 0.874. The molecular formula is C7H12O3S. The maximum absolute atomic E-state index is 10.4. The van der Waals surface area contributed by atoms with E-state index in [4.69, 9.17) is 5.11 Å². The number of ether oxygens (including phenoxy) is 1. The highest BCUT2D eigenvalue weighted by molar-refractivity contribution is 7.99. The van der Waals surface area contributed by atoms with Crippen molar-refractivity contribution >= 4 is 17.7 Å². The normalized spacial score (nSPS) is 9.18. The van der Waals surface area contributed by atoms with Gasteiger partial charge in [0.15, 0.2) is 0 Å². The first-order valence-corrected chi connectivity index (χ1v) is 4.44. The van der Waals surface area contributed by atoms with E-state index < -0.39 is 5.97 Å². The lowest BCUT2D eigenvalue weighted by Crippen LogP contribution is -2.04. The van der Waals surface area contributed by atoms with E-state index in [0.29, 0.717) is 12.4 Å². The number of esters is 1. The van der Waals surface area contributed by atoms with Crippen molar-refractivity contribution in [2.45, 2.75) is 0 Å². The van der Waals surface area contributed by atoms with E-state index in [9.17, 15) is 4.79 Å². The molecule has 0 unspecified atom stereocenters. The maximum Gasteiger partial charge on any atom is 0.330 e. The molecule has 0 radical (unpaired) electrons. The Bertz CT molecular complexity index is 125. The zero-order valence-electron chi connectivity index (χ0n) is 6.28. The summed E-state index contributed by atoms with van der Waals surface area (Å²) in [7, 11) is 0. The van der Waals surface area contributed by atoms with Gasteiger partial charge in [0.1, 0.15) is 6.61 Å². The third-order valence-corrected chi connectivity index (χ3v) is 1.80. The first kappa shape index (κ1) is 10.5. The van der Waals surface area contributed by atoms with E-state index in [0.717, 1.165) is 11.8 Å². The van der Waals surface area contributed by atoms with E-state index in [-0.39, 0.29) is 6.61 Å². The Morgan fingerprint density at radius 1 is 1.64 bits per heavy atom. The van der Waals surface area contributed by atoms with Crippen molar-refractivity contribution in [3.63, 3.8) is 0 Å². The van der Waals surface area contributed by atoms with Crippen LogP contribution in [0.5, 0.6) is 0 Å². The van der Waals surface area contributed by atoms with Gasteiger partial charge in [0.2, 0.25) is 0 Å². The van der Waals surface area contributed by atoms with Crippen LogP contribution in [-0.4, -0.2) is 35.8 Å². The first-order chi connectivity index (χ1) is 5.31. The molecule has 0 amide bonds. The molecular weight excluding hydrogens is 164 g/mol. The van der Waals surface area contributed by atoms with Gasteiger partial charge in [0.05, 0.1) is 6.61 Å². The second-order valence-corrected chi connectivity index (χ2v) is 2.93. The SMILES string of the molecule is C=CC(=O)OCCSCCO. The quantitative estimate of drug-likeness (QED) is 0.362. The van der Waals surface area contributed by atoms with Crippen LogP contribution in [0.2, 0.25) is 0 Å². The van der Waals surface area contributed by atoms with Gasteiger partial charge in [-0.1, -0.05) is 6.58 Å². The number of aliphatic hydroxyl groups is 1. The predicted octanol–water partition coefficient (Wildman–Crippen LogP) is 0.441. The molecule has 0 aliphatic carbocycles. The topological polar surface area (TPSA) is 46.5 Å². The molecule has 0 saturated heterocycles. The van der Waals surface area contributed by atoms with Crippen molar-refractivity contribution in [2.24, 2.45) is 0 Å². The Morgan fingerprint density at radius 3 is 2.91 bits per heavy atom. The highest BCUT2D eigenvalue weighted by Crippen LogP contribution is 1.97. The molecule has 0 heterocycles. The second kappa shape index (κ2) is 7.63. The summed E-state index contributed by atoms with van der Waals surface area (Å²) in [4.78, 5) is 10.4. The van der Waals surface area contributed by atoms with Gasteiger partial charge in [-0.2, -0.15) is 11.8 Å². The van der Waals surface area contributed by atoms with Crippen LogP contribution in [0.15, 0.2) is 12.7 Å². The highest BCUT2D eigenvalue weighted by Gasteiger charge is 1.93. The van der Waals surface area contributed by atoms with E-state index in [1.165, 1.54) is 0 Å². The lowest BCUT2D eigenvalue weighted by Gasteiger charge is -1.99. The lowest BCUT2D eigenvalue weighted by atomic mass is 10.6. The molecule has 1 N–H and O–H groups in total. The minimum atomic E-state index is -0.394. The van der Waals surface area contributed by atoms with Crippen molar-refractivity contribution in [3.8, 4) is 0 Å². The predicted molar refractivity (Wildman–Crippen MR) is 45.6 cm³/mol. The lowest BCUT2D eigenvalue weighted by molar-refractivity contribution is -0.137. The smallest absolute Gasteiger partial charge is 0.330 e. The van der Waals surface area contributed by atoms with Gasteiger partial charge in [-0.25, -0.2) is 4.79 Å². The molecule has 0 aromatic heterocycles. The molecule has 0 bridgehead atoms. The summed E-state index contributed by atoms with van der Waals surface area (Å²) in [6.45, 7) is 3.81. The average Bonchev–Trinajstić information content (AvgIpc) is 2.04. The van der Waals surface area contributed by atoms with Crippen LogP contribution in [0.4, 0.5) is 0 Å². The fraction of sp³-hybridized carbons (Fsp3) is 0.571. The van der Waals surface area contributed by atoms with Crippen LogP contribution in [-0.2, 0) is 9.53 Å². The standard InChI is InChI=1S/C7H12O3S/c1-2-7(9)10-4-6-11-5-3-8/h2,8H,1,3-6H2. The summed E-state index contributed by atoms with van der Waals surface area (Å²) in [5.41, 5.74) is 0. The number of hydrogen-bond donors (Lipinski definition) is 1. The summed E-state index contributed by atoms with van der Waals surface area (Å²) in [5, 5.41) is 8.38. The maximum atomic E-state index is 10.4. The number of hydrogen-bond acceptors (Lipinski definition) is 4. The zero-order chi connectivity index (χ0) is 8.53. The van der Waals surface area contributed by atoms with Crippen LogP contribution in [0.3, 0.4) is 0 Å². The van der Waals surface area contributed by atoms with Gasteiger partial charge in [0, 0.05) is 17.6 Å². The Kier molecular flexibility index (Phi) is 7.29. The van der Waals surface area contributed by atoms with Crippen LogP contribution in [0.1, 0.15) is 0 Å². The van der Waals surface area contributed by atoms with Crippen molar-refractivity contribution in [1.29, 1.82) is 0 Å². The molecule has 0 spiro atoms. The Morgan fingerprint density at radius 2 is 2.36 bits per heavy atom. The summed E-state index contributed by atoms with van der Waals surface area (Å²) in [6, 6.07) is 0. The molecule has 0 aromatic rings. The van der Waals surface area contributed by atoms with Gasteiger partial charge in [-0.05, 0) is 0 Å². The minimum Gasteiger partial charge on any atom is -0.462 e. The third kappa shape index (κ3) is 7.42. The molecule has 0 aliphatic rings. The van der Waals surface area contributed by atoms with E-state index in [2.05, 4.69) is 11.3 Å². The minimum absolute atomic E-state index is 0.167. The zero-order valence-corrected chi connectivity index (χ0v) is 7.10. The molecule has 0 atom stereocenters. The summed E-state index contributed by atoms with van der Waals surface area (Å²) in [6.07, 6.45) is 1.14. The van der Waals surface area contributed by atoms with E-state index in [1.807, 2.05) is 0 Å². The van der Waals surface area contributed by atoms with Gasteiger partial charge in [0.25, 0.3) is 0 Å². The van der Waals surface area contributed by atoms with Crippen LogP contribution in [0, 0.1) is 0 Å². The van der Waals surface area contributed by atoms with Crippen LogP contribution in [0.25, 0.3) is 0 Å². The molecule has 0 aliphatic heterocycles. The molecule has 0 rings (SSSR count). The number of carbonyl (C=O) groups is 1. The van der Waals surface area contributed by atoms with Gasteiger partial charge >= 0.3 is 5.97 Å². The highest BCUT2D eigenvalue weighted by atomic mass is 32.2. The molecule has 0 aromatic carbocycles. The number of rotatable bonds is 6. The molecule has 0 saturated carbocycles. The van der Waals surface area contributed by atoms with Crippen molar-refractivity contribution in [2.75, 3.05) is 24.7 Å². The average molecular weight is 176 g/mol. The second-order valence-electron chi connectivity index (χ2n) is 1.71. The molecule has 11 heavy (non-hydrogen) atoms. The fourth-order valence-electron chi connectivity index (χ4n) is 0.427. The summed E-state index contributed by atoms with van der Waals surface area (Å²) >= 11 is 1.54. The monoisotopic (exact) mass is 176 g/mol. The number of carbonyl (C=O) groups excluding carboxylic acids is 1. The van der Waals surface area contributed by atoms with E-state index in [1.54, 1.807) is 11.8 Å².